The van der Waals surface area contributed by atoms with Crippen molar-refractivity contribution in [2.75, 3.05) is 37.6 Å². The molecule has 34 heavy (non-hydrogen) atoms. The molecule has 2 saturated heterocycles. The van der Waals surface area contributed by atoms with Crippen molar-refractivity contribution < 1.29 is 19.5 Å². The number of carboxylic acid groups (broad SMARTS) is 1. The lowest BCUT2D eigenvalue weighted by molar-refractivity contribution is -0.136. The number of benzene rings is 1. The minimum atomic E-state index is -0.263. The Kier molecular flexibility index (Phi) is 7.26. The van der Waals surface area contributed by atoms with Gasteiger partial charge in [0.2, 0.25) is 11.8 Å². The quantitative estimate of drug-likeness (QED) is 0.578. The zero-order valence-electron chi connectivity index (χ0n) is 18.7. The molecule has 2 amide bonds. The molecule has 1 N–H and O–H groups in total. The first kappa shape index (κ1) is 23.1. The highest BCUT2D eigenvalue weighted by molar-refractivity contribution is 5.90. The number of carbonyl (C=O) groups excluding carboxylic acids is 2. The summed E-state index contributed by atoms with van der Waals surface area (Å²) in [6.07, 6.45) is 5.33. The van der Waals surface area contributed by atoms with E-state index in [2.05, 4.69) is 19.9 Å². The summed E-state index contributed by atoms with van der Waals surface area (Å²) in [5.74, 6) is 0.775. The van der Waals surface area contributed by atoms with Gasteiger partial charge in [-0.15, -0.1) is 0 Å². The number of fused-ring (bicyclic) bond motifs is 1. The molecule has 5 rings (SSSR count). The summed E-state index contributed by atoms with van der Waals surface area (Å²) in [7, 11) is 0. The Morgan fingerprint density at radius 3 is 2.50 bits per heavy atom. The average Bonchev–Trinajstić information content (AvgIpc) is 3.24. The molecule has 0 aliphatic carbocycles. The monoisotopic (exact) mass is 462 g/mol. The van der Waals surface area contributed by atoms with Gasteiger partial charge in [0.05, 0.1) is 11.4 Å². The second-order valence-corrected chi connectivity index (χ2v) is 8.16. The maximum Gasteiger partial charge on any atom is 0.290 e. The summed E-state index contributed by atoms with van der Waals surface area (Å²) in [5, 5.41) is 7.91. The predicted molar refractivity (Wildman–Crippen MR) is 125 cm³/mol. The molecule has 0 radical (unpaired) electrons. The molecule has 2 aromatic heterocycles. The van der Waals surface area contributed by atoms with E-state index in [9.17, 15) is 9.59 Å². The van der Waals surface area contributed by atoms with Gasteiger partial charge < -0.3 is 19.8 Å². The topological polar surface area (TPSA) is 120 Å². The van der Waals surface area contributed by atoms with Crippen molar-refractivity contribution in [2.45, 2.75) is 13.0 Å². The number of rotatable bonds is 4. The third kappa shape index (κ3) is 5.11. The van der Waals surface area contributed by atoms with E-state index in [0.717, 1.165) is 22.3 Å². The largest absolute Gasteiger partial charge is 0.483 e. The van der Waals surface area contributed by atoms with E-state index >= 15 is 0 Å². The Morgan fingerprint density at radius 2 is 1.76 bits per heavy atom. The maximum atomic E-state index is 13.1. The fraction of sp³-hybridized carbons (Fsp3) is 0.333. The molecule has 1 aromatic carbocycles. The number of hydrogen-bond acceptors (Lipinski definition) is 7. The number of amides is 2. The van der Waals surface area contributed by atoms with E-state index in [1.165, 1.54) is 0 Å². The third-order valence-corrected chi connectivity index (χ3v) is 6.10. The van der Waals surface area contributed by atoms with Gasteiger partial charge in [-0.2, -0.15) is 0 Å². The first-order valence-electron chi connectivity index (χ1n) is 11.1. The third-order valence-electron chi connectivity index (χ3n) is 6.10. The Labute approximate surface area is 196 Å². The molecular weight excluding hydrogens is 436 g/mol. The second-order valence-electron chi connectivity index (χ2n) is 8.16. The van der Waals surface area contributed by atoms with E-state index in [1.807, 2.05) is 41.3 Å². The molecule has 2 fully saturated rings. The fourth-order valence-corrected chi connectivity index (χ4v) is 4.44. The summed E-state index contributed by atoms with van der Waals surface area (Å²) < 4.78 is 0. The van der Waals surface area contributed by atoms with Crippen LogP contribution < -0.4 is 4.90 Å². The molecule has 1 atom stereocenters. The zero-order chi connectivity index (χ0) is 23.9. The number of carbonyl (C=O) groups is 3. The molecular formula is C24H26N6O4. The van der Waals surface area contributed by atoms with Crippen molar-refractivity contribution in [3.8, 4) is 0 Å². The summed E-state index contributed by atoms with van der Waals surface area (Å²) in [6, 6.07) is 11.8. The highest BCUT2D eigenvalue weighted by Gasteiger charge is 2.37. The Hall–Kier alpha value is -4.08. The number of hydrogen-bond donors (Lipinski definition) is 1. The van der Waals surface area contributed by atoms with E-state index in [0.29, 0.717) is 45.7 Å². The van der Waals surface area contributed by atoms with Gasteiger partial charge in [-0.05, 0) is 29.8 Å². The molecule has 0 saturated carbocycles. The average molecular weight is 463 g/mol. The van der Waals surface area contributed by atoms with Crippen LogP contribution in [0.5, 0.6) is 0 Å². The van der Waals surface area contributed by atoms with Crippen molar-refractivity contribution >= 4 is 35.0 Å². The molecule has 4 heterocycles. The smallest absolute Gasteiger partial charge is 0.290 e. The Bertz CT molecular complexity index is 1150. The first-order chi connectivity index (χ1) is 16.6. The van der Waals surface area contributed by atoms with Gasteiger partial charge in [-0.3, -0.25) is 19.4 Å². The first-order valence-corrected chi connectivity index (χ1v) is 11.1. The molecule has 2 aliphatic rings. The maximum absolute atomic E-state index is 13.1. The van der Waals surface area contributed by atoms with Gasteiger partial charge in [0.15, 0.2) is 0 Å². The van der Waals surface area contributed by atoms with Crippen LogP contribution in [0.3, 0.4) is 0 Å². The summed E-state index contributed by atoms with van der Waals surface area (Å²) in [4.78, 5) is 52.6. The van der Waals surface area contributed by atoms with Crippen LogP contribution >= 0.6 is 0 Å². The molecule has 10 nitrogen and oxygen atoms in total. The van der Waals surface area contributed by atoms with E-state index in [-0.39, 0.29) is 24.2 Å². The highest BCUT2D eigenvalue weighted by Crippen LogP contribution is 2.26. The number of likely N-dealkylation sites (tertiary alicyclic amines) is 1. The SMILES string of the molecule is O=C1CC(C(=O)N2CCN(c3ncnc4ccccc34)CC2)CN1Cc1ccncc1.O=CO. The van der Waals surface area contributed by atoms with Gasteiger partial charge in [0.25, 0.3) is 6.47 Å². The summed E-state index contributed by atoms with van der Waals surface area (Å²) in [5.41, 5.74) is 1.95. The zero-order valence-corrected chi connectivity index (χ0v) is 18.7. The van der Waals surface area contributed by atoms with Gasteiger partial charge in [0.1, 0.15) is 12.1 Å². The Morgan fingerprint density at radius 1 is 1.06 bits per heavy atom. The van der Waals surface area contributed by atoms with Crippen molar-refractivity contribution in [1.29, 1.82) is 0 Å². The van der Waals surface area contributed by atoms with Gasteiger partial charge in [-0.25, -0.2) is 9.97 Å². The van der Waals surface area contributed by atoms with Crippen molar-refractivity contribution in [2.24, 2.45) is 5.92 Å². The standard InChI is InChI=1S/C23H24N6O2.CH2O2/c30-21-13-18(15-29(21)14-17-5-7-24-8-6-17)23(31)28-11-9-27(10-12-28)22-19-3-1-2-4-20(19)25-16-26-22;2-1-3/h1-8,16,18H,9-15H2;1H,(H,2,3). The number of anilines is 1. The number of pyridine rings is 1. The fourth-order valence-electron chi connectivity index (χ4n) is 4.44. The molecule has 2 aliphatic heterocycles. The lowest BCUT2D eigenvalue weighted by atomic mass is 10.1. The number of nitrogens with zero attached hydrogens (tertiary/aromatic N) is 6. The molecule has 1 unspecified atom stereocenters. The number of para-hydroxylation sites is 1. The molecule has 0 bridgehead atoms. The van der Waals surface area contributed by atoms with Crippen LogP contribution in [0, 0.1) is 5.92 Å². The molecule has 10 heteroatoms. The second kappa shape index (κ2) is 10.7. The Balaban J connectivity index is 0.000000868. The normalized spacial score (nSPS) is 17.9. The van der Waals surface area contributed by atoms with Crippen LogP contribution in [0.2, 0.25) is 0 Å². The van der Waals surface area contributed by atoms with Crippen LogP contribution in [0.15, 0.2) is 55.1 Å². The van der Waals surface area contributed by atoms with Crippen molar-refractivity contribution in [1.82, 2.24) is 24.8 Å². The number of aromatic nitrogens is 3. The lowest BCUT2D eigenvalue weighted by Crippen LogP contribution is -2.51. The molecule has 3 aromatic rings. The van der Waals surface area contributed by atoms with Gasteiger partial charge in [0, 0.05) is 63.5 Å². The predicted octanol–water partition coefficient (Wildman–Crippen LogP) is 1.42. The van der Waals surface area contributed by atoms with Gasteiger partial charge >= 0.3 is 0 Å². The van der Waals surface area contributed by atoms with Crippen LogP contribution in [-0.4, -0.2) is 80.9 Å². The van der Waals surface area contributed by atoms with Crippen molar-refractivity contribution in [3.05, 3.63) is 60.7 Å². The van der Waals surface area contributed by atoms with Gasteiger partial charge in [-0.1, -0.05) is 12.1 Å². The van der Waals surface area contributed by atoms with E-state index < -0.39 is 0 Å². The summed E-state index contributed by atoms with van der Waals surface area (Å²) in [6.45, 7) is 3.46. The van der Waals surface area contributed by atoms with Crippen LogP contribution in [0.4, 0.5) is 5.82 Å². The van der Waals surface area contributed by atoms with Crippen LogP contribution in [0.1, 0.15) is 12.0 Å². The minimum absolute atomic E-state index is 0.0428. The minimum Gasteiger partial charge on any atom is -0.483 e. The van der Waals surface area contributed by atoms with E-state index in [4.69, 9.17) is 9.90 Å². The van der Waals surface area contributed by atoms with Crippen LogP contribution in [0.25, 0.3) is 10.9 Å². The number of piperazine rings is 1. The molecule has 0 spiro atoms. The highest BCUT2D eigenvalue weighted by atomic mass is 16.3. The van der Waals surface area contributed by atoms with E-state index in [1.54, 1.807) is 23.6 Å². The van der Waals surface area contributed by atoms with Crippen LogP contribution in [-0.2, 0) is 20.9 Å². The lowest BCUT2D eigenvalue weighted by Gasteiger charge is -2.36. The summed E-state index contributed by atoms with van der Waals surface area (Å²) >= 11 is 0. The van der Waals surface area contributed by atoms with Crippen molar-refractivity contribution in [3.63, 3.8) is 0 Å². The molecule has 176 valence electrons.